The fourth-order valence-electron chi connectivity index (χ4n) is 2.86. The molecule has 0 aromatic heterocycles. The second-order valence-corrected chi connectivity index (χ2v) is 7.76. The van der Waals surface area contributed by atoms with E-state index in [2.05, 4.69) is 22.9 Å². The van der Waals surface area contributed by atoms with E-state index < -0.39 is 0 Å². The lowest BCUT2D eigenvalue weighted by Crippen LogP contribution is -2.38. The highest BCUT2D eigenvalue weighted by molar-refractivity contribution is 9.10. The van der Waals surface area contributed by atoms with E-state index in [1.807, 2.05) is 50.8 Å². The van der Waals surface area contributed by atoms with Crippen LogP contribution in [0.1, 0.15) is 50.5 Å². The maximum atomic E-state index is 12.5. The SMILES string of the molecule is CC(C)C(=O)N1c2ccc(C(=O)C(Br)C(C)C)cc2CC1C. The van der Waals surface area contributed by atoms with Gasteiger partial charge in [0.1, 0.15) is 0 Å². The van der Waals surface area contributed by atoms with E-state index in [0.29, 0.717) is 0 Å². The summed E-state index contributed by atoms with van der Waals surface area (Å²) < 4.78 is 0. The maximum absolute atomic E-state index is 12.5. The molecule has 1 amide bonds. The Hall–Kier alpha value is -1.16. The molecule has 1 aromatic carbocycles. The van der Waals surface area contributed by atoms with Crippen LogP contribution in [-0.4, -0.2) is 22.6 Å². The van der Waals surface area contributed by atoms with E-state index in [1.54, 1.807) is 0 Å². The monoisotopic (exact) mass is 365 g/mol. The molecule has 0 aliphatic carbocycles. The van der Waals surface area contributed by atoms with Crippen molar-refractivity contribution in [2.24, 2.45) is 11.8 Å². The number of hydrogen-bond acceptors (Lipinski definition) is 2. The molecule has 0 fully saturated rings. The lowest BCUT2D eigenvalue weighted by molar-refractivity contribution is -0.121. The number of nitrogens with zero attached hydrogens (tertiary/aromatic N) is 1. The molecular formula is C18H24BrNO2. The minimum Gasteiger partial charge on any atom is -0.309 e. The third-order valence-corrected chi connectivity index (χ3v) is 5.62. The molecular weight excluding hydrogens is 342 g/mol. The summed E-state index contributed by atoms with van der Waals surface area (Å²) in [6.07, 6.45) is 0.809. The highest BCUT2D eigenvalue weighted by atomic mass is 79.9. The number of carbonyl (C=O) groups excluding carboxylic acids is 2. The van der Waals surface area contributed by atoms with E-state index in [1.165, 1.54) is 0 Å². The summed E-state index contributed by atoms with van der Waals surface area (Å²) in [5, 5.41) is 0. The summed E-state index contributed by atoms with van der Waals surface area (Å²) in [4.78, 5) is 26.6. The minimum atomic E-state index is -0.169. The largest absolute Gasteiger partial charge is 0.309 e. The number of rotatable bonds is 4. The van der Waals surface area contributed by atoms with Crippen molar-refractivity contribution in [3.63, 3.8) is 0 Å². The average molecular weight is 366 g/mol. The standard InChI is InChI=1S/C18H24BrNO2/c1-10(2)16(19)17(21)13-6-7-15-14(9-13)8-12(5)20(15)18(22)11(3)4/h6-7,9-12,16H,8H2,1-5H3. The normalized spacial score (nSPS) is 18.7. The average Bonchev–Trinajstić information content (AvgIpc) is 2.79. The van der Waals surface area contributed by atoms with Gasteiger partial charge < -0.3 is 4.90 Å². The molecule has 1 aliphatic rings. The second kappa shape index (κ2) is 6.53. The predicted octanol–water partition coefficient (Wildman–Crippen LogP) is 4.22. The van der Waals surface area contributed by atoms with E-state index in [9.17, 15) is 9.59 Å². The third kappa shape index (κ3) is 3.12. The van der Waals surface area contributed by atoms with Crippen LogP contribution < -0.4 is 4.90 Å². The van der Waals surface area contributed by atoms with Gasteiger partial charge in [0, 0.05) is 23.2 Å². The summed E-state index contributed by atoms with van der Waals surface area (Å²) in [6.45, 7) is 9.95. The highest BCUT2D eigenvalue weighted by Crippen LogP contribution is 2.34. The van der Waals surface area contributed by atoms with Gasteiger partial charge in [0.15, 0.2) is 5.78 Å². The number of Topliss-reactive ketones (excluding diaryl/α,β-unsaturated/α-hetero) is 1. The maximum Gasteiger partial charge on any atom is 0.229 e. The lowest BCUT2D eigenvalue weighted by atomic mass is 9.98. The number of alkyl halides is 1. The van der Waals surface area contributed by atoms with Gasteiger partial charge in [-0.05, 0) is 43.0 Å². The van der Waals surface area contributed by atoms with Gasteiger partial charge in [0.2, 0.25) is 5.91 Å². The number of fused-ring (bicyclic) bond motifs is 1. The van der Waals surface area contributed by atoms with E-state index in [4.69, 9.17) is 0 Å². The number of carbonyl (C=O) groups is 2. The Balaban J connectivity index is 2.33. The Morgan fingerprint density at radius 1 is 1.23 bits per heavy atom. The highest BCUT2D eigenvalue weighted by Gasteiger charge is 2.33. The molecule has 3 nitrogen and oxygen atoms in total. The number of halogens is 1. The van der Waals surface area contributed by atoms with Gasteiger partial charge in [-0.15, -0.1) is 0 Å². The van der Waals surface area contributed by atoms with Gasteiger partial charge in [0.25, 0.3) is 0 Å². The van der Waals surface area contributed by atoms with Crippen LogP contribution in [0.2, 0.25) is 0 Å². The number of benzene rings is 1. The number of ketones is 1. The minimum absolute atomic E-state index is 0.0254. The fraction of sp³-hybridized carbons (Fsp3) is 0.556. The quantitative estimate of drug-likeness (QED) is 0.591. The molecule has 0 N–H and O–H groups in total. The van der Waals surface area contributed by atoms with Crippen LogP contribution in [0, 0.1) is 11.8 Å². The Morgan fingerprint density at radius 3 is 2.41 bits per heavy atom. The first kappa shape index (κ1) is 17.2. The van der Waals surface area contributed by atoms with E-state index in [0.717, 1.165) is 23.2 Å². The number of anilines is 1. The summed E-state index contributed by atoms with van der Waals surface area (Å²) in [7, 11) is 0. The molecule has 0 saturated carbocycles. The number of hydrogen-bond donors (Lipinski definition) is 0. The number of amides is 1. The lowest BCUT2D eigenvalue weighted by Gasteiger charge is -2.24. The van der Waals surface area contributed by atoms with Crippen LogP contribution in [0.15, 0.2) is 18.2 Å². The van der Waals surface area contributed by atoms with Gasteiger partial charge >= 0.3 is 0 Å². The van der Waals surface area contributed by atoms with Gasteiger partial charge in [-0.2, -0.15) is 0 Å². The van der Waals surface area contributed by atoms with Gasteiger partial charge in [0.05, 0.1) is 4.83 Å². The summed E-state index contributed by atoms with van der Waals surface area (Å²) in [5.74, 6) is 0.478. The zero-order valence-electron chi connectivity index (χ0n) is 13.9. The summed E-state index contributed by atoms with van der Waals surface area (Å²) in [5.41, 5.74) is 2.77. The first-order valence-electron chi connectivity index (χ1n) is 7.88. The van der Waals surface area contributed by atoms with Crippen LogP contribution in [-0.2, 0) is 11.2 Å². The van der Waals surface area contributed by atoms with Crippen molar-refractivity contribution < 1.29 is 9.59 Å². The molecule has 1 aliphatic heterocycles. The molecule has 2 atom stereocenters. The summed E-state index contributed by atoms with van der Waals surface area (Å²) in [6, 6.07) is 5.88. The molecule has 2 rings (SSSR count). The van der Waals surface area contributed by atoms with Crippen LogP contribution in [0.25, 0.3) is 0 Å². The molecule has 0 radical (unpaired) electrons. The molecule has 0 bridgehead atoms. The predicted molar refractivity (Wildman–Crippen MR) is 93.8 cm³/mol. The fourth-order valence-corrected chi connectivity index (χ4v) is 3.12. The summed E-state index contributed by atoms with van der Waals surface area (Å²) >= 11 is 3.48. The Morgan fingerprint density at radius 2 is 1.86 bits per heavy atom. The van der Waals surface area contributed by atoms with Gasteiger partial charge in [-0.1, -0.05) is 43.6 Å². The van der Waals surface area contributed by atoms with E-state index in [-0.39, 0.29) is 34.4 Å². The first-order valence-corrected chi connectivity index (χ1v) is 8.79. The molecule has 2 unspecified atom stereocenters. The molecule has 120 valence electrons. The zero-order valence-corrected chi connectivity index (χ0v) is 15.5. The van der Waals surface area contributed by atoms with Gasteiger partial charge in [-0.25, -0.2) is 0 Å². The van der Waals surface area contributed by atoms with Crippen molar-refractivity contribution in [1.29, 1.82) is 0 Å². The molecule has 1 aromatic rings. The van der Waals surface area contributed by atoms with Crippen molar-refractivity contribution in [1.82, 2.24) is 0 Å². The van der Waals surface area contributed by atoms with Crippen molar-refractivity contribution >= 4 is 33.3 Å². The molecule has 0 spiro atoms. The molecule has 0 saturated heterocycles. The third-order valence-electron chi connectivity index (χ3n) is 4.15. The van der Waals surface area contributed by atoms with Crippen LogP contribution in [0.5, 0.6) is 0 Å². The van der Waals surface area contributed by atoms with Crippen LogP contribution in [0.3, 0.4) is 0 Å². The van der Waals surface area contributed by atoms with E-state index >= 15 is 0 Å². The van der Waals surface area contributed by atoms with Crippen LogP contribution in [0.4, 0.5) is 5.69 Å². The molecule has 22 heavy (non-hydrogen) atoms. The van der Waals surface area contributed by atoms with Gasteiger partial charge in [-0.3, -0.25) is 9.59 Å². The second-order valence-electron chi connectivity index (χ2n) is 6.77. The molecule has 1 heterocycles. The smallest absolute Gasteiger partial charge is 0.229 e. The zero-order chi connectivity index (χ0) is 16.6. The van der Waals surface area contributed by atoms with Crippen molar-refractivity contribution in [3.8, 4) is 0 Å². The molecule has 4 heteroatoms. The Bertz CT molecular complexity index is 595. The Labute approximate surface area is 141 Å². The van der Waals surface area contributed by atoms with Crippen molar-refractivity contribution in [3.05, 3.63) is 29.3 Å². The van der Waals surface area contributed by atoms with Crippen LogP contribution >= 0.6 is 15.9 Å². The Kier molecular flexibility index (Phi) is 5.10. The first-order chi connectivity index (χ1) is 10.2. The van der Waals surface area contributed by atoms with Crippen molar-refractivity contribution in [2.75, 3.05) is 4.90 Å². The van der Waals surface area contributed by atoms with Crippen molar-refractivity contribution in [2.45, 2.75) is 51.9 Å². The topological polar surface area (TPSA) is 37.4 Å².